The van der Waals surface area contributed by atoms with Crippen molar-refractivity contribution in [1.29, 1.82) is 0 Å². The lowest BCUT2D eigenvalue weighted by atomic mass is 9.96. The second-order valence-corrected chi connectivity index (χ2v) is 8.55. The summed E-state index contributed by atoms with van der Waals surface area (Å²) >= 11 is 0. The van der Waals surface area contributed by atoms with E-state index in [1.165, 1.54) is 44.0 Å². The standard InChI is InChI=1S/C23H37N3O/c1-5-6-7-8-9-12-18-26-20-15-11-10-14-19(20)25-21(26)16-13-17-24-22(27)23(2,3)4/h10-11,14-15H,5-9,12-13,16-18H2,1-4H3,(H,24,27). The van der Waals surface area contributed by atoms with E-state index < -0.39 is 0 Å². The van der Waals surface area contributed by atoms with Crippen LogP contribution in [0.1, 0.15) is 78.5 Å². The molecule has 0 fully saturated rings. The van der Waals surface area contributed by atoms with Crippen molar-refractivity contribution in [1.82, 2.24) is 14.9 Å². The Hall–Kier alpha value is -1.84. The molecule has 0 saturated heterocycles. The molecule has 150 valence electrons. The Morgan fingerprint density at radius 1 is 1.04 bits per heavy atom. The SMILES string of the molecule is CCCCCCCCn1c(CCCNC(=O)C(C)(C)C)nc2ccccc21. The lowest BCUT2D eigenvalue weighted by Gasteiger charge is -2.17. The molecule has 0 radical (unpaired) electrons. The Morgan fingerprint density at radius 3 is 2.48 bits per heavy atom. The molecule has 1 N–H and O–H groups in total. The van der Waals surface area contributed by atoms with Gasteiger partial charge in [-0.2, -0.15) is 0 Å². The van der Waals surface area contributed by atoms with Crippen LogP contribution in [0.15, 0.2) is 24.3 Å². The highest BCUT2D eigenvalue weighted by atomic mass is 16.2. The minimum atomic E-state index is -0.328. The Labute approximate surface area is 164 Å². The summed E-state index contributed by atoms with van der Waals surface area (Å²) in [5, 5.41) is 3.04. The molecule has 1 heterocycles. The summed E-state index contributed by atoms with van der Waals surface area (Å²) < 4.78 is 2.39. The maximum atomic E-state index is 12.0. The van der Waals surface area contributed by atoms with Crippen LogP contribution in [0.3, 0.4) is 0 Å². The third kappa shape index (κ3) is 6.67. The number of aryl methyl sites for hydroxylation is 2. The number of unbranched alkanes of at least 4 members (excludes halogenated alkanes) is 5. The Morgan fingerprint density at radius 2 is 1.74 bits per heavy atom. The molecule has 1 aromatic heterocycles. The van der Waals surface area contributed by atoms with Gasteiger partial charge in [-0.3, -0.25) is 4.79 Å². The number of hydrogen-bond donors (Lipinski definition) is 1. The number of para-hydroxylation sites is 2. The van der Waals surface area contributed by atoms with Crippen LogP contribution in [-0.2, 0) is 17.8 Å². The average molecular weight is 372 g/mol. The smallest absolute Gasteiger partial charge is 0.225 e. The number of fused-ring (bicyclic) bond motifs is 1. The molecule has 0 aliphatic carbocycles. The molecule has 4 nitrogen and oxygen atoms in total. The highest BCUT2D eigenvalue weighted by Crippen LogP contribution is 2.19. The van der Waals surface area contributed by atoms with Crippen molar-refractivity contribution in [3.05, 3.63) is 30.1 Å². The molecule has 0 spiro atoms. The van der Waals surface area contributed by atoms with Crippen LogP contribution in [0, 0.1) is 5.41 Å². The van der Waals surface area contributed by atoms with Crippen molar-refractivity contribution in [3.8, 4) is 0 Å². The van der Waals surface area contributed by atoms with Gasteiger partial charge in [-0.1, -0.05) is 71.9 Å². The first-order valence-electron chi connectivity index (χ1n) is 10.7. The van der Waals surface area contributed by atoms with Crippen molar-refractivity contribution in [3.63, 3.8) is 0 Å². The van der Waals surface area contributed by atoms with Gasteiger partial charge in [-0.25, -0.2) is 4.98 Å². The van der Waals surface area contributed by atoms with Crippen molar-refractivity contribution in [2.45, 2.75) is 85.6 Å². The molecule has 0 atom stereocenters. The van der Waals surface area contributed by atoms with Gasteiger partial charge in [0.05, 0.1) is 11.0 Å². The van der Waals surface area contributed by atoms with Crippen LogP contribution in [0.2, 0.25) is 0 Å². The minimum absolute atomic E-state index is 0.114. The van der Waals surface area contributed by atoms with E-state index in [-0.39, 0.29) is 11.3 Å². The predicted octanol–water partition coefficient (Wildman–Crippen LogP) is 5.49. The van der Waals surface area contributed by atoms with Crippen molar-refractivity contribution in [2.75, 3.05) is 6.54 Å². The number of rotatable bonds is 11. The topological polar surface area (TPSA) is 46.9 Å². The number of nitrogens with zero attached hydrogens (tertiary/aromatic N) is 2. The molecular weight excluding hydrogens is 334 g/mol. The minimum Gasteiger partial charge on any atom is -0.356 e. The zero-order valence-electron chi connectivity index (χ0n) is 17.7. The maximum Gasteiger partial charge on any atom is 0.225 e. The van der Waals surface area contributed by atoms with Gasteiger partial charge in [-0.05, 0) is 25.0 Å². The molecule has 4 heteroatoms. The number of carbonyl (C=O) groups excluding carboxylic acids is 1. The number of nitrogens with one attached hydrogen (secondary N) is 1. The number of benzene rings is 1. The third-order valence-corrected chi connectivity index (χ3v) is 5.01. The fourth-order valence-corrected chi connectivity index (χ4v) is 3.33. The summed E-state index contributed by atoms with van der Waals surface area (Å²) in [6.45, 7) is 9.84. The monoisotopic (exact) mass is 371 g/mol. The molecule has 27 heavy (non-hydrogen) atoms. The molecule has 1 aromatic carbocycles. The van der Waals surface area contributed by atoms with Crippen LogP contribution in [0.4, 0.5) is 0 Å². The number of imidazole rings is 1. The van der Waals surface area contributed by atoms with Crippen LogP contribution in [-0.4, -0.2) is 22.0 Å². The molecular formula is C23H37N3O. The number of carbonyl (C=O) groups is 1. The van der Waals surface area contributed by atoms with Gasteiger partial charge >= 0.3 is 0 Å². The molecule has 0 aliphatic rings. The molecule has 0 aliphatic heterocycles. The summed E-state index contributed by atoms with van der Waals surface area (Å²) in [5.74, 6) is 1.26. The second-order valence-electron chi connectivity index (χ2n) is 8.55. The van der Waals surface area contributed by atoms with E-state index in [2.05, 4.69) is 41.1 Å². The normalized spacial score (nSPS) is 11.9. The number of hydrogen-bond acceptors (Lipinski definition) is 2. The average Bonchev–Trinajstić information content (AvgIpc) is 2.98. The summed E-state index contributed by atoms with van der Waals surface area (Å²) in [4.78, 5) is 16.9. The van der Waals surface area contributed by atoms with Crippen LogP contribution in [0.5, 0.6) is 0 Å². The van der Waals surface area contributed by atoms with Crippen molar-refractivity contribution < 1.29 is 4.79 Å². The number of amides is 1. The van der Waals surface area contributed by atoms with E-state index >= 15 is 0 Å². The molecule has 2 aromatic rings. The molecule has 0 saturated carbocycles. The first-order valence-corrected chi connectivity index (χ1v) is 10.7. The third-order valence-electron chi connectivity index (χ3n) is 5.01. The van der Waals surface area contributed by atoms with Crippen molar-refractivity contribution in [2.24, 2.45) is 5.41 Å². The van der Waals surface area contributed by atoms with Gasteiger partial charge in [0, 0.05) is 24.9 Å². The van der Waals surface area contributed by atoms with Gasteiger partial charge in [0.2, 0.25) is 5.91 Å². The zero-order valence-corrected chi connectivity index (χ0v) is 17.7. The van der Waals surface area contributed by atoms with Gasteiger partial charge in [-0.15, -0.1) is 0 Å². The molecule has 0 bridgehead atoms. The van der Waals surface area contributed by atoms with Crippen LogP contribution >= 0.6 is 0 Å². The first kappa shape index (κ1) is 21.5. The Kier molecular flexibility index (Phi) is 8.33. The quantitative estimate of drug-likeness (QED) is 0.531. The number of aromatic nitrogens is 2. The lowest BCUT2D eigenvalue weighted by molar-refractivity contribution is -0.128. The molecule has 2 rings (SSSR count). The summed E-state index contributed by atoms with van der Waals surface area (Å²) in [6, 6.07) is 8.41. The van der Waals surface area contributed by atoms with E-state index in [0.717, 1.165) is 30.7 Å². The zero-order chi connectivity index (χ0) is 19.7. The van der Waals surface area contributed by atoms with Crippen LogP contribution in [0.25, 0.3) is 11.0 Å². The fourth-order valence-electron chi connectivity index (χ4n) is 3.33. The molecule has 0 unspecified atom stereocenters. The first-order chi connectivity index (χ1) is 12.9. The van der Waals surface area contributed by atoms with E-state index in [9.17, 15) is 4.79 Å². The van der Waals surface area contributed by atoms with E-state index in [0.29, 0.717) is 6.54 Å². The largest absolute Gasteiger partial charge is 0.356 e. The molecule has 1 amide bonds. The van der Waals surface area contributed by atoms with Gasteiger partial charge in [0.25, 0.3) is 0 Å². The van der Waals surface area contributed by atoms with Gasteiger partial charge < -0.3 is 9.88 Å². The Bertz CT molecular complexity index is 712. The van der Waals surface area contributed by atoms with Gasteiger partial charge in [0.15, 0.2) is 0 Å². The predicted molar refractivity (Wildman–Crippen MR) is 114 cm³/mol. The van der Waals surface area contributed by atoms with Crippen LogP contribution < -0.4 is 5.32 Å². The summed E-state index contributed by atoms with van der Waals surface area (Å²) in [6.07, 6.45) is 9.62. The van der Waals surface area contributed by atoms with E-state index in [4.69, 9.17) is 4.98 Å². The summed E-state index contributed by atoms with van der Waals surface area (Å²) in [7, 11) is 0. The highest BCUT2D eigenvalue weighted by Gasteiger charge is 2.20. The highest BCUT2D eigenvalue weighted by molar-refractivity contribution is 5.81. The summed E-state index contributed by atoms with van der Waals surface area (Å²) in [5.41, 5.74) is 1.99. The lowest BCUT2D eigenvalue weighted by Crippen LogP contribution is -2.35. The van der Waals surface area contributed by atoms with Gasteiger partial charge in [0.1, 0.15) is 5.82 Å². The second kappa shape index (κ2) is 10.5. The fraction of sp³-hybridized carbons (Fsp3) is 0.652. The van der Waals surface area contributed by atoms with E-state index in [1.54, 1.807) is 0 Å². The Balaban J connectivity index is 1.91. The van der Waals surface area contributed by atoms with E-state index in [1.807, 2.05) is 20.8 Å². The van der Waals surface area contributed by atoms with Crippen molar-refractivity contribution >= 4 is 16.9 Å². The maximum absolute atomic E-state index is 12.0.